The van der Waals surface area contributed by atoms with E-state index in [4.69, 9.17) is 11.6 Å². The van der Waals surface area contributed by atoms with Gasteiger partial charge in [0.1, 0.15) is 0 Å². The van der Waals surface area contributed by atoms with Gasteiger partial charge in [0.25, 0.3) is 0 Å². The Morgan fingerprint density at radius 1 is 0.828 bits per heavy atom. The number of sulfonamides is 1. The van der Waals surface area contributed by atoms with Gasteiger partial charge in [-0.1, -0.05) is 72.3 Å². The molecule has 0 saturated heterocycles. The zero-order valence-electron chi connectivity index (χ0n) is 15.7. The first kappa shape index (κ1) is 21.0. The third-order valence-corrected chi connectivity index (χ3v) is 6.21. The molecular weight excluding hydrogens is 408 g/mol. The van der Waals surface area contributed by atoms with Crippen LogP contribution in [0, 0.1) is 0 Å². The molecule has 3 aromatic rings. The molecule has 0 heterocycles. The number of amides is 1. The van der Waals surface area contributed by atoms with Crippen molar-refractivity contribution in [2.45, 2.75) is 23.9 Å². The van der Waals surface area contributed by atoms with Crippen LogP contribution in [0.2, 0.25) is 5.02 Å². The van der Waals surface area contributed by atoms with Gasteiger partial charge in [-0.3, -0.25) is 4.79 Å². The Bertz CT molecular complexity index is 1020. The van der Waals surface area contributed by atoms with E-state index in [0.29, 0.717) is 5.02 Å². The van der Waals surface area contributed by atoms with Crippen molar-refractivity contribution in [2.75, 3.05) is 0 Å². The fraction of sp³-hybridized carbons (Fsp3) is 0.136. The fourth-order valence-corrected chi connectivity index (χ4v) is 4.21. The van der Waals surface area contributed by atoms with Crippen LogP contribution in [-0.2, 0) is 14.8 Å². The molecule has 1 amide bonds. The molecule has 1 atom stereocenters. The molecule has 0 radical (unpaired) electrons. The highest BCUT2D eigenvalue weighted by molar-refractivity contribution is 7.89. The number of carbonyl (C=O) groups excluding carboxylic acids is 1. The first-order chi connectivity index (χ1) is 13.9. The van der Waals surface area contributed by atoms with Crippen molar-refractivity contribution < 1.29 is 13.2 Å². The molecule has 0 saturated carbocycles. The largest absolute Gasteiger partial charge is 0.344 e. The van der Waals surface area contributed by atoms with Crippen molar-refractivity contribution >= 4 is 27.5 Å². The van der Waals surface area contributed by atoms with Crippen LogP contribution in [0.3, 0.4) is 0 Å². The Hall–Kier alpha value is -2.67. The SMILES string of the molecule is C[C@H](NS(=O)(=O)c1ccc(Cl)cc1)C(=O)NC(c1ccccc1)c1ccccc1. The first-order valence-electron chi connectivity index (χ1n) is 9.05. The van der Waals surface area contributed by atoms with Crippen molar-refractivity contribution in [1.82, 2.24) is 10.0 Å². The normalized spacial score (nSPS) is 12.5. The van der Waals surface area contributed by atoms with Crippen LogP contribution in [0.1, 0.15) is 24.1 Å². The molecule has 7 heteroatoms. The van der Waals surface area contributed by atoms with Crippen molar-refractivity contribution in [3.63, 3.8) is 0 Å². The van der Waals surface area contributed by atoms with E-state index in [-0.39, 0.29) is 4.90 Å². The minimum absolute atomic E-state index is 0.0456. The molecule has 0 unspecified atom stereocenters. The van der Waals surface area contributed by atoms with Gasteiger partial charge in [-0.2, -0.15) is 4.72 Å². The van der Waals surface area contributed by atoms with Crippen molar-refractivity contribution in [3.05, 3.63) is 101 Å². The Kier molecular flexibility index (Phi) is 6.69. The van der Waals surface area contributed by atoms with Crippen LogP contribution < -0.4 is 10.0 Å². The maximum Gasteiger partial charge on any atom is 0.241 e. The van der Waals surface area contributed by atoms with Crippen LogP contribution in [0.25, 0.3) is 0 Å². The lowest BCUT2D eigenvalue weighted by Crippen LogP contribution is -2.46. The maximum atomic E-state index is 12.8. The molecule has 0 bridgehead atoms. The summed E-state index contributed by atoms with van der Waals surface area (Å²) in [6, 6.07) is 23.4. The van der Waals surface area contributed by atoms with Crippen LogP contribution in [0.5, 0.6) is 0 Å². The maximum absolute atomic E-state index is 12.8. The molecule has 0 aromatic heterocycles. The van der Waals surface area contributed by atoms with E-state index in [0.717, 1.165) is 11.1 Å². The molecule has 150 valence electrons. The number of rotatable bonds is 7. The predicted molar refractivity (Wildman–Crippen MR) is 114 cm³/mol. The van der Waals surface area contributed by atoms with E-state index in [1.165, 1.54) is 31.2 Å². The number of benzene rings is 3. The molecule has 2 N–H and O–H groups in total. The minimum Gasteiger partial charge on any atom is -0.344 e. The highest BCUT2D eigenvalue weighted by Gasteiger charge is 2.25. The Labute approximate surface area is 175 Å². The van der Waals surface area contributed by atoms with Crippen molar-refractivity contribution in [1.29, 1.82) is 0 Å². The second-order valence-corrected chi connectivity index (χ2v) is 8.71. The molecule has 0 aliphatic rings. The number of nitrogens with one attached hydrogen (secondary N) is 2. The Morgan fingerprint density at radius 3 is 1.79 bits per heavy atom. The summed E-state index contributed by atoms with van der Waals surface area (Å²) in [6.07, 6.45) is 0. The highest BCUT2D eigenvalue weighted by atomic mass is 35.5. The van der Waals surface area contributed by atoms with E-state index < -0.39 is 28.0 Å². The standard InChI is InChI=1S/C22H21ClN2O3S/c1-16(25-29(27,28)20-14-12-19(23)13-15-20)22(26)24-21(17-8-4-2-5-9-17)18-10-6-3-7-11-18/h2-16,21,25H,1H3,(H,24,26)/t16-/m0/s1. The van der Waals surface area contributed by atoms with Crippen LogP contribution in [-0.4, -0.2) is 20.4 Å². The second-order valence-electron chi connectivity index (χ2n) is 6.56. The van der Waals surface area contributed by atoms with E-state index in [9.17, 15) is 13.2 Å². The topological polar surface area (TPSA) is 75.3 Å². The summed E-state index contributed by atoms with van der Waals surface area (Å²) in [5.74, 6) is -0.430. The summed E-state index contributed by atoms with van der Waals surface area (Å²) in [5.41, 5.74) is 1.81. The highest BCUT2D eigenvalue weighted by Crippen LogP contribution is 2.22. The summed E-state index contributed by atoms with van der Waals surface area (Å²) in [4.78, 5) is 12.8. The predicted octanol–water partition coefficient (Wildman–Crippen LogP) is 3.91. The van der Waals surface area contributed by atoms with Crippen LogP contribution in [0.4, 0.5) is 0 Å². The number of hydrogen-bond donors (Lipinski definition) is 2. The summed E-state index contributed by atoms with van der Waals surface area (Å²) in [6.45, 7) is 1.51. The molecule has 0 spiro atoms. The van der Waals surface area contributed by atoms with E-state index in [2.05, 4.69) is 10.0 Å². The summed E-state index contributed by atoms with van der Waals surface area (Å²) < 4.78 is 27.5. The molecule has 0 aliphatic carbocycles. The van der Waals surface area contributed by atoms with Gasteiger partial charge in [0.05, 0.1) is 17.0 Å². The molecule has 0 fully saturated rings. The van der Waals surface area contributed by atoms with Gasteiger partial charge in [-0.15, -0.1) is 0 Å². The average Bonchev–Trinajstić information content (AvgIpc) is 2.73. The summed E-state index contributed by atoms with van der Waals surface area (Å²) >= 11 is 5.81. The van der Waals surface area contributed by atoms with Crippen LogP contribution in [0.15, 0.2) is 89.8 Å². The molecular formula is C22H21ClN2O3S. The molecule has 3 rings (SSSR count). The molecule has 0 aliphatic heterocycles. The lowest BCUT2D eigenvalue weighted by Gasteiger charge is -2.22. The third-order valence-electron chi connectivity index (χ3n) is 4.40. The smallest absolute Gasteiger partial charge is 0.241 e. The van der Waals surface area contributed by atoms with E-state index in [1.54, 1.807) is 0 Å². The first-order valence-corrected chi connectivity index (χ1v) is 10.9. The Morgan fingerprint density at radius 2 is 1.31 bits per heavy atom. The molecule has 29 heavy (non-hydrogen) atoms. The van der Waals surface area contributed by atoms with Crippen LogP contribution >= 0.6 is 11.6 Å². The minimum atomic E-state index is -3.86. The average molecular weight is 429 g/mol. The zero-order chi connectivity index (χ0) is 20.9. The number of hydrogen-bond acceptors (Lipinski definition) is 3. The fourth-order valence-electron chi connectivity index (χ4n) is 2.89. The monoisotopic (exact) mass is 428 g/mol. The van der Waals surface area contributed by atoms with Gasteiger partial charge in [0.2, 0.25) is 15.9 Å². The lowest BCUT2D eigenvalue weighted by atomic mass is 9.98. The molecule has 3 aromatic carbocycles. The van der Waals surface area contributed by atoms with E-state index in [1.807, 2.05) is 60.7 Å². The van der Waals surface area contributed by atoms with Gasteiger partial charge in [-0.05, 0) is 42.3 Å². The van der Waals surface area contributed by atoms with Crippen molar-refractivity contribution in [3.8, 4) is 0 Å². The van der Waals surface area contributed by atoms with Gasteiger partial charge >= 0.3 is 0 Å². The second kappa shape index (κ2) is 9.22. The zero-order valence-corrected chi connectivity index (χ0v) is 17.3. The van der Waals surface area contributed by atoms with Gasteiger partial charge in [0, 0.05) is 5.02 Å². The summed E-state index contributed by atoms with van der Waals surface area (Å²) in [5, 5.41) is 3.38. The van der Waals surface area contributed by atoms with E-state index >= 15 is 0 Å². The van der Waals surface area contributed by atoms with Gasteiger partial charge in [0.15, 0.2) is 0 Å². The summed E-state index contributed by atoms with van der Waals surface area (Å²) in [7, 11) is -3.86. The van der Waals surface area contributed by atoms with Gasteiger partial charge < -0.3 is 5.32 Å². The number of carbonyl (C=O) groups is 1. The lowest BCUT2D eigenvalue weighted by molar-refractivity contribution is -0.122. The third kappa shape index (κ3) is 5.44. The van der Waals surface area contributed by atoms with Crippen molar-refractivity contribution in [2.24, 2.45) is 0 Å². The molecule has 5 nitrogen and oxygen atoms in total. The van der Waals surface area contributed by atoms with Gasteiger partial charge in [-0.25, -0.2) is 8.42 Å². The quantitative estimate of drug-likeness (QED) is 0.599. The Balaban J connectivity index is 1.78. The number of halogens is 1.